The van der Waals surface area contributed by atoms with Gasteiger partial charge in [0.05, 0.1) is 32.0 Å². The Morgan fingerprint density at radius 2 is 1.56 bits per heavy atom. The van der Waals surface area contributed by atoms with Crippen molar-refractivity contribution in [2.75, 3.05) is 34.5 Å². The summed E-state index contributed by atoms with van der Waals surface area (Å²) in [5.41, 5.74) is 0.420. The van der Waals surface area contributed by atoms with Crippen molar-refractivity contribution in [2.24, 2.45) is 0 Å². The van der Waals surface area contributed by atoms with Gasteiger partial charge in [-0.05, 0) is 18.6 Å². The van der Waals surface area contributed by atoms with Crippen molar-refractivity contribution in [2.45, 2.75) is 19.8 Å². The maximum Gasteiger partial charge on any atom is 0.338 e. The smallest absolute Gasteiger partial charge is 0.338 e. The SMILES string of the molecule is CCCCN1C=CN(C)C1.COC(=O)c1ccccc1C(=O)OC.S. The average molecular weight is 368 g/mol. The van der Waals surface area contributed by atoms with E-state index in [0.29, 0.717) is 0 Å². The Labute approximate surface area is 156 Å². The van der Waals surface area contributed by atoms with Crippen LogP contribution in [-0.2, 0) is 9.47 Å². The van der Waals surface area contributed by atoms with Gasteiger partial charge in [-0.15, -0.1) is 0 Å². The lowest BCUT2D eigenvalue weighted by molar-refractivity contribution is 0.0555. The van der Waals surface area contributed by atoms with Gasteiger partial charge >= 0.3 is 11.9 Å². The van der Waals surface area contributed by atoms with Crippen LogP contribution in [0.2, 0.25) is 0 Å². The first kappa shape index (κ1) is 22.9. The van der Waals surface area contributed by atoms with Crippen LogP contribution in [0.15, 0.2) is 36.7 Å². The summed E-state index contributed by atoms with van der Waals surface area (Å²) in [6, 6.07) is 6.33. The highest BCUT2D eigenvalue weighted by Crippen LogP contribution is 2.11. The third-order valence-electron chi connectivity index (χ3n) is 3.47. The summed E-state index contributed by atoms with van der Waals surface area (Å²) < 4.78 is 9.05. The highest BCUT2D eigenvalue weighted by Gasteiger charge is 2.16. The Bertz CT molecular complexity index is 543. The monoisotopic (exact) mass is 368 g/mol. The Kier molecular flexibility index (Phi) is 11.2. The van der Waals surface area contributed by atoms with E-state index in [9.17, 15) is 9.59 Å². The van der Waals surface area contributed by atoms with Crippen molar-refractivity contribution in [3.8, 4) is 0 Å². The molecule has 2 rings (SSSR count). The molecular weight excluding hydrogens is 340 g/mol. The fourth-order valence-corrected chi connectivity index (χ4v) is 2.15. The lowest BCUT2D eigenvalue weighted by Gasteiger charge is -2.17. The number of nitrogens with zero attached hydrogens (tertiary/aromatic N) is 2. The maximum atomic E-state index is 11.2. The van der Waals surface area contributed by atoms with Gasteiger partial charge in [0.2, 0.25) is 0 Å². The molecule has 1 aliphatic heterocycles. The third kappa shape index (κ3) is 7.51. The second-order valence-corrected chi connectivity index (χ2v) is 5.39. The number of methoxy groups -OCH3 is 2. The molecular formula is C18H28N2O4S. The summed E-state index contributed by atoms with van der Waals surface area (Å²) in [4.78, 5) is 27.0. The molecule has 6 nitrogen and oxygen atoms in total. The Hall–Kier alpha value is -2.15. The summed E-state index contributed by atoms with van der Waals surface area (Å²) in [5, 5.41) is 0. The summed E-state index contributed by atoms with van der Waals surface area (Å²) in [5.74, 6) is -1.10. The van der Waals surface area contributed by atoms with E-state index in [-0.39, 0.29) is 24.6 Å². The van der Waals surface area contributed by atoms with Gasteiger partial charge < -0.3 is 19.3 Å². The summed E-state index contributed by atoms with van der Waals surface area (Å²) in [6.07, 6.45) is 6.87. The van der Waals surface area contributed by atoms with Gasteiger partial charge in [-0.25, -0.2) is 9.59 Å². The van der Waals surface area contributed by atoms with Crippen LogP contribution in [0, 0.1) is 0 Å². The highest BCUT2D eigenvalue weighted by atomic mass is 32.1. The van der Waals surface area contributed by atoms with Gasteiger partial charge in [-0.1, -0.05) is 25.5 Å². The molecule has 0 aliphatic carbocycles. The Balaban J connectivity index is 0.000000465. The van der Waals surface area contributed by atoms with E-state index in [2.05, 4.69) is 45.6 Å². The van der Waals surface area contributed by atoms with Crippen molar-refractivity contribution in [3.63, 3.8) is 0 Å². The Morgan fingerprint density at radius 1 is 1.04 bits per heavy atom. The molecule has 0 aromatic heterocycles. The fraction of sp³-hybridized carbons (Fsp3) is 0.444. The number of hydrogen-bond donors (Lipinski definition) is 0. The molecule has 0 saturated heterocycles. The molecule has 0 radical (unpaired) electrons. The van der Waals surface area contributed by atoms with E-state index in [1.807, 2.05) is 0 Å². The van der Waals surface area contributed by atoms with Crippen LogP contribution >= 0.6 is 13.5 Å². The number of rotatable bonds is 5. The topological polar surface area (TPSA) is 59.1 Å². The van der Waals surface area contributed by atoms with Gasteiger partial charge in [-0.3, -0.25) is 0 Å². The number of ether oxygens (including phenoxy) is 2. The molecule has 140 valence electrons. The molecule has 25 heavy (non-hydrogen) atoms. The second-order valence-electron chi connectivity index (χ2n) is 5.39. The molecule has 0 amide bonds. The van der Waals surface area contributed by atoms with Crippen molar-refractivity contribution in [1.29, 1.82) is 0 Å². The molecule has 0 fully saturated rings. The molecule has 1 heterocycles. The van der Waals surface area contributed by atoms with Gasteiger partial charge in [0, 0.05) is 26.0 Å². The molecule has 0 unspecified atom stereocenters. The molecule has 1 aliphatic rings. The van der Waals surface area contributed by atoms with Crippen LogP contribution in [0.4, 0.5) is 0 Å². The predicted molar refractivity (Wildman–Crippen MR) is 103 cm³/mol. The zero-order valence-corrected chi connectivity index (χ0v) is 16.3. The molecule has 7 heteroatoms. The lowest BCUT2D eigenvalue weighted by Crippen LogP contribution is -2.23. The molecule has 0 N–H and O–H groups in total. The van der Waals surface area contributed by atoms with Gasteiger partial charge in [-0.2, -0.15) is 13.5 Å². The molecule has 0 bridgehead atoms. The zero-order chi connectivity index (χ0) is 17.9. The van der Waals surface area contributed by atoms with Crippen LogP contribution in [0.25, 0.3) is 0 Å². The summed E-state index contributed by atoms with van der Waals surface area (Å²) in [6.45, 7) is 4.50. The standard InChI is InChI=1S/C10H10O4.C8H16N2.H2S/c1-13-9(11)7-5-3-4-6-8(7)10(12)14-2;1-3-4-5-10-7-6-9(2)8-10;/h3-6H,1-2H3;6-7H,3-5,8H2,1-2H3;1H2. The first-order valence-corrected chi connectivity index (χ1v) is 7.91. The first-order valence-electron chi connectivity index (χ1n) is 7.91. The quantitative estimate of drug-likeness (QED) is 0.745. The number of carbonyl (C=O) groups is 2. The number of benzene rings is 1. The van der Waals surface area contributed by atoms with Gasteiger partial charge in [0.1, 0.15) is 0 Å². The van der Waals surface area contributed by atoms with Crippen LogP contribution in [0.5, 0.6) is 0 Å². The molecule has 0 spiro atoms. The minimum atomic E-state index is -0.550. The van der Waals surface area contributed by atoms with E-state index in [4.69, 9.17) is 0 Å². The normalized spacial score (nSPS) is 12.0. The number of unbranched alkanes of at least 4 members (excludes halogenated alkanes) is 1. The number of hydrogen-bond acceptors (Lipinski definition) is 6. The van der Waals surface area contributed by atoms with E-state index < -0.39 is 11.9 Å². The van der Waals surface area contributed by atoms with Crippen LogP contribution in [-0.4, -0.2) is 56.2 Å². The van der Waals surface area contributed by atoms with Gasteiger partial charge in [0.15, 0.2) is 0 Å². The zero-order valence-electron chi connectivity index (χ0n) is 15.3. The minimum absolute atomic E-state index is 0. The number of esters is 2. The predicted octanol–water partition coefficient (Wildman–Crippen LogP) is 2.84. The number of carbonyl (C=O) groups excluding carboxylic acids is 2. The van der Waals surface area contributed by atoms with Crippen LogP contribution in [0.1, 0.15) is 40.5 Å². The maximum absolute atomic E-state index is 11.2. The van der Waals surface area contributed by atoms with E-state index in [0.717, 1.165) is 6.67 Å². The van der Waals surface area contributed by atoms with Crippen molar-refractivity contribution < 1.29 is 19.1 Å². The van der Waals surface area contributed by atoms with Crippen molar-refractivity contribution in [1.82, 2.24) is 9.80 Å². The highest BCUT2D eigenvalue weighted by molar-refractivity contribution is 7.59. The molecule has 1 aromatic rings. The minimum Gasteiger partial charge on any atom is -0.465 e. The van der Waals surface area contributed by atoms with Gasteiger partial charge in [0.25, 0.3) is 0 Å². The second kappa shape index (κ2) is 12.2. The lowest BCUT2D eigenvalue weighted by atomic mass is 10.1. The van der Waals surface area contributed by atoms with Crippen LogP contribution < -0.4 is 0 Å². The van der Waals surface area contributed by atoms with E-state index in [1.54, 1.807) is 12.1 Å². The largest absolute Gasteiger partial charge is 0.465 e. The molecule has 1 aromatic carbocycles. The molecule has 0 atom stereocenters. The van der Waals surface area contributed by atoms with E-state index >= 15 is 0 Å². The van der Waals surface area contributed by atoms with Crippen molar-refractivity contribution >= 4 is 25.4 Å². The average Bonchev–Trinajstić information content (AvgIpc) is 3.04. The summed E-state index contributed by atoms with van der Waals surface area (Å²) >= 11 is 0. The fourth-order valence-electron chi connectivity index (χ4n) is 2.15. The summed E-state index contributed by atoms with van der Waals surface area (Å²) in [7, 11) is 4.62. The third-order valence-corrected chi connectivity index (χ3v) is 3.47. The van der Waals surface area contributed by atoms with Crippen molar-refractivity contribution in [3.05, 3.63) is 47.8 Å². The first-order chi connectivity index (χ1) is 11.5. The van der Waals surface area contributed by atoms with E-state index in [1.165, 1.54) is 45.7 Å². The van der Waals surface area contributed by atoms with Crippen LogP contribution in [0.3, 0.4) is 0 Å². The Morgan fingerprint density at radius 3 is 1.92 bits per heavy atom. The molecule has 0 saturated carbocycles.